The number of halogens is 18. The molecule has 0 saturated carbocycles. The normalized spacial score (nSPS) is 15.9. The third-order valence-corrected chi connectivity index (χ3v) is 14.5. The van der Waals surface area contributed by atoms with Gasteiger partial charge >= 0.3 is 64.3 Å². The Bertz CT molecular complexity index is 805. The first-order valence-electron chi connectivity index (χ1n) is 10.6. The summed E-state index contributed by atoms with van der Waals surface area (Å²) in [5.41, 5.74) is -12.5. The van der Waals surface area contributed by atoms with Crippen LogP contribution in [0.15, 0.2) is 0 Å². The van der Waals surface area contributed by atoms with Crippen LogP contribution in [0.2, 0.25) is 12.1 Å². The maximum Gasteiger partial charge on any atom is 0.460 e. The van der Waals surface area contributed by atoms with Crippen LogP contribution < -0.4 is 0 Å². The van der Waals surface area contributed by atoms with Crippen molar-refractivity contribution in [3.8, 4) is 0 Å². The van der Waals surface area contributed by atoms with E-state index in [4.69, 9.17) is 0 Å². The molecule has 0 N–H and O–H groups in total. The van der Waals surface area contributed by atoms with Gasteiger partial charge in [0.1, 0.15) is 0 Å². The first-order valence-corrected chi connectivity index (χ1v) is 15.8. The van der Waals surface area contributed by atoms with E-state index in [1.54, 1.807) is 0 Å². The Balaban J connectivity index is 5.83. The fourth-order valence-electron chi connectivity index (χ4n) is 3.35. The largest absolute Gasteiger partial charge is 0.460 e. The van der Waals surface area contributed by atoms with E-state index in [1.807, 2.05) is 0 Å². The lowest BCUT2D eigenvalue weighted by molar-refractivity contribution is -0.387. The summed E-state index contributed by atoms with van der Waals surface area (Å²) in [5.74, 6) is -30.3. The Hall–Kier alpha value is -0.636. The van der Waals surface area contributed by atoms with Crippen LogP contribution >= 0.6 is 11.8 Å². The molecule has 254 valence electrons. The van der Waals surface area contributed by atoms with Crippen LogP contribution in [0.1, 0.15) is 6.42 Å². The third kappa shape index (κ3) is 6.51. The maximum absolute atomic E-state index is 14.5. The highest BCUT2D eigenvalue weighted by Crippen LogP contribution is 2.58. The van der Waals surface area contributed by atoms with Gasteiger partial charge in [0.05, 0.1) is 0 Å². The minimum atomic E-state index is -7.27. The molecular weight excluding hydrogens is 698 g/mol. The highest BCUT2D eigenvalue weighted by molar-refractivity contribution is 7.99. The Kier molecular flexibility index (Phi) is 12.8. The molecule has 25 heteroatoms. The van der Waals surface area contributed by atoms with E-state index < -0.39 is 94.3 Å². The van der Waals surface area contributed by atoms with Crippen molar-refractivity contribution in [3.63, 3.8) is 0 Å². The minimum Gasteiger partial charge on any atom is -0.394 e. The van der Waals surface area contributed by atoms with Crippen LogP contribution in [-0.4, -0.2) is 104 Å². The number of thioether (sulfide) groups is 1. The van der Waals surface area contributed by atoms with Crippen LogP contribution in [0.4, 0.5) is 79.0 Å². The zero-order valence-corrected chi connectivity index (χ0v) is 24.2. The fraction of sp³-hybridized carbons (Fsp3) is 1.00. The second-order valence-electron chi connectivity index (χ2n) is 8.23. The summed E-state index contributed by atoms with van der Waals surface area (Å²) >= 11 is 0.278. The van der Waals surface area contributed by atoms with Gasteiger partial charge in [-0.05, 0) is 24.0 Å². The summed E-state index contributed by atoms with van der Waals surface area (Å²) in [7, 11) is -11.1. The summed E-state index contributed by atoms with van der Waals surface area (Å²) in [4.78, 5) is 0. The Morgan fingerprint density at radius 1 is 0.429 bits per heavy atom. The van der Waals surface area contributed by atoms with Gasteiger partial charge < -0.3 is 17.7 Å². The van der Waals surface area contributed by atoms with Crippen molar-refractivity contribution in [2.45, 2.75) is 65.6 Å². The third-order valence-electron chi connectivity index (χ3n) is 5.94. The first kappa shape index (κ1) is 41.4. The topological polar surface area (TPSA) is 36.9 Å². The summed E-state index contributed by atoms with van der Waals surface area (Å²) in [6.07, 6.45) is -15.1. The molecule has 0 unspecified atom stereocenters. The van der Waals surface area contributed by atoms with Gasteiger partial charge in [-0.1, -0.05) is 0 Å². The van der Waals surface area contributed by atoms with Crippen molar-refractivity contribution in [1.82, 2.24) is 0 Å². The standard InChI is InChI=1S/C17H22F18O4SSi2/c1-36-41(37-2,16(32,33)12(22,23)10(18,19)14(26,27)28)8-5-6-40-7-9-42(38-3,39-4)17(34,35)13(24,25)11(20,21)15(29,30)31/h5-9H2,1-4H3. The van der Waals surface area contributed by atoms with Gasteiger partial charge in [0, 0.05) is 34.5 Å². The average Bonchev–Trinajstić information content (AvgIpc) is 2.84. The Labute approximate surface area is 231 Å². The molecule has 0 bridgehead atoms. The summed E-state index contributed by atoms with van der Waals surface area (Å²) in [6, 6.07) is -2.89. The molecule has 0 spiro atoms. The molecule has 0 heterocycles. The lowest BCUT2D eigenvalue weighted by Crippen LogP contribution is -2.72. The minimum absolute atomic E-state index is 0.242. The molecule has 0 aliphatic rings. The molecule has 0 radical (unpaired) electrons. The molecule has 42 heavy (non-hydrogen) atoms. The molecule has 0 saturated heterocycles. The van der Waals surface area contributed by atoms with E-state index in [1.165, 1.54) is 0 Å². The molecule has 0 rings (SSSR count). The molecule has 0 aromatic carbocycles. The van der Waals surface area contributed by atoms with Gasteiger partial charge in [-0.15, -0.1) is 0 Å². The average molecular weight is 721 g/mol. The lowest BCUT2D eigenvalue weighted by Gasteiger charge is -2.41. The number of rotatable bonds is 17. The van der Waals surface area contributed by atoms with Crippen molar-refractivity contribution in [2.24, 2.45) is 0 Å². The van der Waals surface area contributed by atoms with E-state index in [0.29, 0.717) is 0 Å². The molecule has 4 nitrogen and oxygen atoms in total. The van der Waals surface area contributed by atoms with Crippen LogP contribution in [0.25, 0.3) is 0 Å². The molecule has 0 aliphatic heterocycles. The summed E-state index contributed by atoms with van der Waals surface area (Å²) in [5, 5.41) is 0. The summed E-state index contributed by atoms with van der Waals surface area (Å²) < 4.78 is 258. The van der Waals surface area contributed by atoms with Crippen LogP contribution in [0, 0.1) is 0 Å². The maximum atomic E-state index is 14.5. The molecular formula is C17H22F18O4SSi2. The molecule has 0 aromatic rings. The quantitative estimate of drug-likeness (QED) is 0.0880. The zero-order valence-electron chi connectivity index (χ0n) is 21.4. The monoisotopic (exact) mass is 720 g/mol. The predicted octanol–water partition coefficient (Wildman–Crippen LogP) is 7.59. The Morgan fingerprint density at radius 3 is 0.976 bits per heavy atom. The van der Waals surface area contributed by atoms with Crippen molar-refractivity contribution < 1.29 is 96.7 Å². The van der Waals surface area contributed by atoms with Crippen molar-refractivity contribution in [1.29, 1.82) is 0 Å². The van der Waals surface area contributed by atoms with Gasteiger partial charge in [0.2, 0.25) is 0 Å². The van der Waals surface area contributed by atoms with Gasteiger partial charge in [-0.2, -0.15) is 90.8 Å². The molecule has 0 amide bonds. The van der Waals surface area contributed by atoms with E-state index in [0.717, 1.165) is 0 Å². The number of alkyl halides is 18. The van der Waals surface area contributed by atoms with Crippen molar-refractivity contribution in [3.05, 3.63) is 0 Å². The van der Waals surface area contributed by atoms with Gasteiger partial charge in [-0.3, -0.25) is 0 Å². The van der Waals surface area contributed by atoms with Gasteiger partial charge in [0.25, 0.3) is 0 Å². The lowest BCUT2D eigenvalue weighted by atomic mass is 10.1. The molecule has 0 atom stereocenters. The molecule has 0 aliphatic carbocycles. The van der Waals surface area contributed by atoms with Crippen LogP contribution in [-0.2, 0) is 17.7 Å². The second kappa shape index (κ2) is 13.0. The second-order valence-corrected chi connectivity index (χ2v) is 16.4. The summed E-state index contributed by atoms with van der Waals surface area (Å²) in [6.45, 7) is 0. The zero-order chi connectivity index (χ0) is 34.1. The van der Waals surface area contributed by atoms with Crippen LogP contribution in [0.5, 0.6) is 0 Å². The fourth-order valence-corrected chi connectivity index (χ4v) is 10.5. The van der Waals surface area contributed by atoms with E-state index >= 15 is 0 Å². The molecule has 0 fully saturated rings. The SMILES string of the molecule is CO[Si](CCCSCC[Si](OC)(OC)C(F)(F)C(F)(F)C(F)(F)C(F)(F)F)(OC)C(F)(F)C(F)(F)C(F)(F)C(F)(F)F. The van der Waals surface area contributed by atoms with Crippen LogP contribution in [0.3, 0.4) is 0 Å². The highest BCUT2D eigenvalue weighted by Gasteiger charge is 2.88. The first-order chi connectivity index (χ1) is 18.4. The number of hydrogen-bond acceptors (Lipinski definition) is 5. The van der Waals surface area contributed by atoms with E-state index in [-0.39, 0.29) is 40.2 Å². The van der Waals surface area contributed by atoms with Crippen molar-refractivity contribution in [2.75, 3.05) is 39.9 Å². The van der Waals surface area contributed by atoms with E-state index in [9.17, 15) is 79.0 Å². The molecule has 0 aromatic heterocycles. The smallest absolute Gasteiger partial charge is 0.394 e. The Morgan fingerprint density at radius 2 is 0.714 bits per heavy atom. The highest BCUT2D eigenvalue weighted by atomic mass is 32.2. The van der Waals surface area contributed by atoms with E-state index in [2.05, 4.69) is 17.7 Å². The van der Waals surface area contributed by atoms with Gasteiger partial charge in [0.15, 0.2) is 0 Å². The van der Waals surface area contributed by atoms with Crippen molar-refractivity contribution >= 4 is 28.9 Å². The predicted molar refractivity (Wildman–Crippen MR) is 113 cm³/mol. The van der Waals surface area contributed by atoms with Gasteiger partial charge in [-0.25, -0.2) is 0 Å². The number of hydrogen-bond donors (Lipinski definition) is 0.